The number of hydrogen-bond donors (Lipinski definition) is 2. The third-order valence-corrected chi connectivity index (χ3v) is 3.24. The van der Waals surface area contributed by atoms with Crippen LogP contribution >= 0.6 is 24.0 Å². The van der Waals surface area contributed by atoms with Gasteiger partial charge in [0, 0.05) is 12.2 Å². The lowest BCUT2D eigenvalue weighted by Crippen LogP contribution is -2.18. The van der Waals surface area contributed by atoms with Gasteiger partial charge in [-0.1, -0.05) is 41.9 Å². The lowest BCUT2D eigenvalue weighted by atomic mass is 10.2. The van der Waals surface area contributed by atoms with E-state index in [9.17, 15) is 4.79 Å². The summed E-state index contributed by atoms with van der Waals surface area (Å²) in [6.07, 6.45) is -0.519. The zero-order valence-corrected chi connectivity index (χ0v) is 13.7. The summed E-state index contributed by atoms with van der Waals surface area (Å²) in [5.74, 6) is 0. The van der Waals surface area contributed by atoms with E-state index in [2.05, 4.69) is 10.6 Å². The maximum absolute atomic E-state index is 11.6. The summed E-state index contributed by atoms with van der Waals surface area (Å²) in [4.78, 5) is 11.6. The van der Waals surface area contributed by atoms with E-state index in [1.165, 1.54) is 0 Å². The summed E-state index contributed by atoms with van der Waals surface area (Å²) in [5, 5.41) is 6.29. The average molecular weight is 341 g/mol. The predicted octanol–water partition coefficient (Wildman–Crippen LogP) is 4.73. The molecule has 6 heteroatoms. The van der Waals surface area contributed by atoms with Crippen LogP contribution in [0.25, 0.3) is 0 Å². The molecule has 22 heavy (non-hydrogen) atoms. The topological polar surface area (TPSA) is 50.4 Å². The lowest BCUT2D eigenvalue weighted by Gasteiger charge is -2.10. The Morgan fingerprint density at radius 2 is 1.73 bits per heavy atom. The minimum absolute atomic E-state index is 0. The molecule has 0 atom stereocenters. The molecular formula is C16H18Cl2N2O2. The summed E-state index contributed by atoms with van der Waals surface area (Å²) in [7, 11) is 0. The van der Waals surface area contributed by atoms with Crippen molar-refractivity contribution < 1.29 is 9.53 Å². The van der Waals surface area contributed by atoms with Crippen molar-refractivity contribution in [2.24, 2.45) is 0 Å². The summed E-state index contributed by atoms with van der Waals surface area (Å²) < 4.78 is 5.09. The van der Waals surface area contributed by atoms with Gasteiger partial charge in [0.25, 0.3) is 0 Å². The molecule has 0 radical (unpaired) electrons. The van der Waals surface area contributed by atoms with Gasteiger partial charge in [0.05, 0.1) is 10.7 Å². The monoisotopic (exact) mass is 340 g/mol. The Hall–Kier alpha value is -1.91. The fraction of sp³-hybridized carbons (Fsp3) is 0.188. The fourth-order valence-corrected chi connectivity index (χ4v) is 1.99. The first kappa shape index (κ1) is 18.1. The minimum atomic E-state index is -0.519. The SMILES string of the molecule is Cc1ccccc1NCCOC(=O)Nc1ccccc1Cl.Cl. The van der Waals surface area contributed by atoms with Gasteiger partial charge >= 0.3 is 6.09 Å². The summed E-state index contributed by atoms with van der Waals surface area (Å²) >= 11 is 5.94. The number of aryl methyl sites for hydroxylation is 1. The van der Waals surface area contributed by atoms with Crippen molar-refractivity contribution in [1.82, 2.24) is 0 Å². The molecule has 0 aromatic heterocycles. The highest BCUT2D eigenvalue weighted by Gasteiger charge is 2.05. The molecule has 0 saturated carbocycles. The molecule has 1 amide bonds. The van der Waals surface area contributed by atoms with Crippen molar-refractivity contribution >= 4 is 41.5 Å². The van der Waals surface area contributed by atoms with Crippen molar-refractivity contribution in [3.05, 3.63) is 59.1 Å². The van der Waals surface area contributed by atoms with E-state index in [-0.39, 0.29) is 19.0 Å². The fourth-order valence-electron chi connectivity index (χ4n) is 1.81. The Kier molecular flexibility index (Phi) is 7.57. The zero-order chi connectivity index (χ0) is 15.1. The highest BCUT2D eigenvalue weighted by atomic mass is 35.5. The van der Waals surface area contributed by atoms with Gasteiger partial charge in [0.15, 0.2) is 0 Å². The first-order chi connectivity index (χ1) is 10.2. The van der Waals surface area contributed by atoms with Crippen molar-refractivity contribution in [3.8, 4) is 0 Å². The molecule has 118 valence electrons. The van der Waals surface area contributed by atoms with Crippen LogP contribution in [0.3, 0.4) is 0 Å². The number of anilines is 2. The average Bonchev–Trinajstić information content (AvgIpc) is 2.48. The molecule has 2 rings (SSSR count). The molecule has 2 aromatic rings. The molecular weight excluding hydrogens is 323 g/mol. The quantitative estimate of drug-likeness (QED) is 0.773. The van der Waals surface area contributed by atoms with E-state index in [0.29, 0.717) is 17.3 Å². The van der Waals surface area contributed by atoms with Crippen molar-refractivity contribution in [1.29, 1.82) is 0 Å². The Morgan fingerprint density at radius 3 is 2.41 bits per heavy atom. The van der Waals surface area contributed by atoms with Crippen LogP contribution in [0.15, 0.2) is 48.5 Å². The number of amides is 1. The molecule has 0 aliphatic rings. The molecule has 0 bridgehead atoms. The number of carbonyl (C=O) groups is 1. The summed E-state index contributed by atoms with van der Waals surface area (Å²) in [6.45, 7) is 2.83. The maximum atomic E-state index is 11.6. The van der Waals surface area contributed by atoms with Gasteiger partial charge in [-0.2, -0.15) is 0 Å². The van der Waals surface area contributed by atoms with Gasteiger partial charge in [0.1, 0.15) is 6.61 Å². The minimum Gasteiger partial charge on any atom is -0.447 e. The van der Waals surface area contributed by atoms with E-state index < -0.39 is 6.09 Å². The van der Waals surface area contributed by atoms with Gasteiger partial charge in [-0.25, -0.2) is 4.79 Å². The lowest BCUT2D eigenvalue weighted by molar-refractivity contribution is 0.166. The normalized spacial score (nSPS) is 9.55. The Morgan fingerprint density at radius 1 is 1.09 bits per heavy atom. The smallest absolute Gasteiger partial charge is 0.411 e. The van der Waals surface area contributed by atoms with Crippen LogP contribution < -0.4 is 10.6 Å². The first-order valence-corrected chi connectivity index (χ1v) is 7.02. The van der Waals surface area contributed by atoms with Gasteiger partial charge in [-0.3, -0.25) is 5.32 Å². The second-order valence-corrected chi connectivity index (χ2v) is 4.89. The van der Waals surface area contributed by atoms with Crippen molar-refractivity contribution in [3.63, 3.8) is 0 Å². The predicted molar refractivity (Wildman–Crippen MR) is 93.3 cm³/mol. The van der Waals surface area contributed by atoms with E-state index in [0.717, 1.165) is 11.3 Å². The molecule has 0 unspecified atom stereocenters. The molecule has 0 fully saturated rings. The third kappa shape index (κ3) is 5.47. The molecule has 0 aliphatic heterocycles. The molecule has 0 saturated heterocycles. The van der Waals surface area contributed by atoms with E-state index in [1.807, 2.05) is 31.2 Å². The highest BCUT2D eigenvalue weighted by molar-refractivity contribution is 6.33. The second kappa shape index (κ2) is 9.18. The standard InChI is InChI=1S/C16H17ClN2O2.ClH/c1-12-6-2-4-8-14(12)18-10-11-21-16(20)19-15-9-5-3-7-13(15)17;/h2-9,18H,10-11H2,1H3,(H,19,20);1H. The molecule has 0 heterocycles. The third-order valence-electron chi connectivity index (χ3n) is 2.91. The van der Waals surface area contributed by atoms with Gasteiger partial charge in [-0.05, 0) is 30.7 Å². The number of para-hydroxylation sites is 2. The van der Waals surface area contributed by atoms with E-state index >= 15 is 0 Å². The molecule has 4 nitrogen and oxygen atoms in total. The van der Waals surface area contributed by atoms with E-state index in [1.54, 1.807) is 24.3 Å². The number of halogens is 2. The number of benzene rings is 2. The zero-order valence-electron chi connectivity index (χ0n) is 12.1. The van der Waals surface area contributed by atoms with Crippen LogP contribution in [0.2, 0.25) is 5.02 Å². The van der Waals surface area contributed by atoms with Gasteiger partial charge in [0.2, 0.25) is 0 Å². The van der Waals surface area contributed by atoms with Crippen LogP contribution in [0, 0.1) is 6.92 Å². The Bertz CT molecular complexity index is 621. The molecule has 0 aliphatic carbocycles. The first-order valence-electron chi connectivity index (χ1n) is 6.64. The van der Waals surface area contributed by atoms with Crippen LogP contribution in [0.5, 0.6) is 0 Å². The van der Waals surface area contributed by atoms with Crippen molar-refractivity contribution in [2.75, 3.05) is 23.8 Å². The maximum Gasteiger partial charge on any atom is 0.411 e. The van der Waals surface area contributed by atoms with Gasteiger partial charge < -0.3 is 10.1 Å². The van der Waals surface area contributed by atoms with Crippen LogP contribution in [-0.2, 0) is 4.74 Å². The van der Waals surface area contributed by atoms with Crippen LogP contribution in [0.4, 0.5) is 16.2 Å². The largest absolute Gasteiger partial charge is 0.447 e. The molecule has 0 spiro atoms. The number of carbonyl (C=O) groups excluding carboxylic acids is 1. The molecule has 2 N–H and O–H groups in total. The number of hydrogen-bond acceptors (Lipinski definition) is 3. The Balaban J connectivity index is 0.00000242. The van der Waals surface area contributed by atoms with Crippen LogP contribution in [0.1, 0.15) is 5.56 Å². The molecule has 2 aromatic carbocycles. The van der Waals surface area contributed by atoms with Crippen molar-refractivity contribution in [2.45, 2.75) is 6.92 Å². The summed E-state index contributed by atoms with van der Waals surface area (Å²) in [5.41, 5.74) is 2.72. The Labute approximate surface area is 141 Å². The number of rotatable bonds is 5. The second-order valence-electron chi connectivity index (χ2n) is 4.48. The van der Waals surface area contributed by atoms with E-state index in [4.69, 9.17) is 16.3 Å². The highest BCUT2D eigenvalue weighted by Crippen LogP contribution is 2.20. The van der Waals surface area contributed by atoms with Crippen LogP contribution in [-0.4, -0.2) is 19.2 Å². The van der Waals surface area contributed by atoms with Gasteiger partial charge in [-0.15, -0.1) is 12.4 Å². The summed E-state index contributed by atoms with van der Waals surface area (Å²) in [6, 6.07) is 15.0. The number of nitrogens with one attached hydrogen (secondary N) is 2. The number of ether oxygens (including phenoxy) is 1.